The summed E-state index contributed by atoms with van der Waals surface area (Å²) in [6, 6.07) is 7.00. The fraction of sp³-hybridized carbons (Fsp3) is 0.647. The third-order valence-electron chi connectivity index (χ3n) is 4.56. The number of aryl methyl sites for hydroxylation is 1. The number of ether oxygens (including phenoxy) is 2. The van der Waals surface area contributed by atoms with Crippen LogP contribution in [-0.2, 0) is 11.2 Å². The van der Waals surface area contributed by atoms with E-state index < -0.39 is 0 Å². The molecule has 116 valence electrons. The molecule has 1 aromatic rings. The molecule has 1 aromatic carbocycles. The van der Waals surface area contributed by atoms with Crippen LogP contribution in [0.1, 0.15) is 30.0 Å². The average molecular weight is 290 g/mol. The molecule has 0 bridgehead atoms. The van der Waals surface area contributed by atoms with Gasteiger partial charge in [0.25, 0.3) is 0 Å². The SMILES string of the molecule is CNC1CCCc2ccc(OCC3CN(C)CCO3)cc21. The zero-order valence-corrected chi connectivity index (χ0v) is 13.1. The Bertz CT molecular complexity index is 478. The first-order valence-electron chi connectivity index (χ1n) is 7.99. The lowest BCUT2D eigenvalue weighted by Gasteiger charge is -2.30. The maximum atomic E-state index is 5.97. The molecule has 0 amide bonds. The van der Waals surface area contributed by atoms with E-state index in [9.17, 15) is 0 Å². The van der Waals surface area contributed by atoms with E-state index in [1.807, 2.05) is 7.05 Å². The molecular weight excluding hydrogens is 264 g/mol. The van der Waals surface area contributed by atoms with Crippen molar-refractivity contribution in [2.24, 2.45) is 0 Å². The van der Waals surface area contributed by atoms with Gasteiger partial charge in [0.05, 0.1) is 6.61 Å². The normalized spacial score (nSPS) is 26.4. The Kier molecular flexibility index (Phi) is 4.78. The van der Waals surface area contributed by atoms with Gasteiger partial charge in [-0.25, -0.2) is 0 Å². The number of morpholine rings is 1. The minimum Gasteiger partial charge on any atom is -0.491 e. The summed E-state index contributed by atoms with van der Waals surface area (Å²) in [5, 5.41) is 3.41. The number of benzene rings is 1. The highest BCUT2D eigenvalue weighted by molar-refractivity contribution is 5.39. The van der Waals surface area contributed by atoms with Gasteiger partial charge in [0.1, 0.15) is 18.5 Å². The second kappa shape index (κ2) is 6.77. The molecular formula is C17H26N2O2. The topological polar surface area (TPSA) is 33.7 Å². The molecule has 2 atom stereocenters. The monoisotopic (exact) mass is 290 g/mol. The first-order valence-corrected chi connectivity index (χ1v) is 7.99. The second-order valence-corrected chi connectivity index (χ2v) is 6.16. The number of likely N-dealkylation sites (N-methyl/N-ethyl adjacent to an activating group) is 1. The number of hydrogen-bond acceptors (Lipinski definition) is 4. The summed E-state index contributed by atoms with van der Waals surface area (Å²) >= 11 is 0. The van der Waals surface area contributed by atoms with Gasteiger partial charge in [0, 0.05) is 19.1 Å². The van der Waals surface area contributed by atoms with Crippen molar-refractivity contribution in [3.8, 4) is 5.75 Å². The van der Waals surface area contributed by atoms with Crippen LogP contribution < -0.4 is 10.1 Å². The number of nitrogens with zero attached hydrogens (tertiary/aromatic N) is 1. The van der Waals surface area contributed by atoms with Crippen molar-refractivity contribution in [1.29, 1.82) is 0 Å². The summed E-state index contributed by atoms with van der Waals surface area (Å²) in [5.74, 6) is 0.965. The van der Waals surface area contributed by atoms with Crippen molar-refractivity contribution >= 4 is 0 Å². The van der Waals surface area contributed by atoms with Crippen molar-refractivity contribution in [2.45, 2.75) is 31.4 Å². The zero-order chi connectivity index (χ0) is 14.7. The molecule has 0 aromatic heterocycles. The maximum Gasteiger partial charge on any atom is 0.119 e. The van der Waals surface area contributed by atoms with Crippen LogP contribution in [-0.4, -0.2) is 51.4 Å². The lowest BCUT2D eigenvalue weighted by atomic mass is 9.87. The molecule has 4 nitrogen and oxygen atoms in total. The van der Waals surface area contributed by atoms with E-state index in [0.717, 1.165) is 25.4 Å². The molecule has 4 heteroatoms. The molecule has 1 heterocycles. The Labute approximate surface area is 127 Å². The van der Waals surface area contributed by atoms with E-state index in [-0.39, 0.29) is 6.10 Å². The minimum absolute atomic E-state index is 0.180. The Hall–Kier alpha value is -1.10. The fourth-order valence-electron chi connectivity index (χ4n) is 3.32. The largest absolute Gasteiger partial charge is 0.491 e. The second-order valence-electron chi connectivity index (χ2n) is 6.16. The predicted octanol–water partition coefficient (Wildman–Crippen LogP) is 1.99. The summed E-state index contributed by atoms with van der Waals surface area (Å²) in [4.78, 5) is 2.29. The van der Waals surface area contributed by atoms with Crippen LogP contribution in [0.2, 0.25) is 0 Å². The summed E-state index contributed by atoms with van der Waals surface area (Å²) in [6.45, 7) is 3.40. The van der Waals surface area contributed by atoms with Crippen LogP contribution in [0.25, 0.3) is 0 Å². The Morgan fingerprint density at radius 1 is 1.43 bits per heavy atom. The molecule has 3 rings (SSSR count). The lowest BCUT2D eigenvalue weighted by Crippen LogP contribution is -2.42. The first kappa shape index (κ1) is 14.8. The van der Waals surface area contributed by atoms with E-state index >= 15 is 0 Å². The number of nitrogens with one attached hydrogen (secondary N) is 1. The van der Waals surface area contributed by atoms with Crippen molar-refractivity contribution in [2.75, 3.05) is 40.4 Å². The van der Waals surface area contributed by atoms with Gasteiger partial charge in [0.2, 0.25) is 0 Å². The van der Waals surface area contributed by atoms with Gasteiger partial charge in [-0.15, -0.1) is 0 Å². The van der Waals surface area contributed by atoms with Crippen molar-refractivity contribution in [3.63, 3.8) is 0 Å². The first-order chi connectivity index (χ1) is 10.3. The zero-order valence-electron chi connectivity index (χ0n) is 13.1. The van der Waals surface area contributed by atoms with Crippen LogP contribution in [0.3, 0.4) is 0 Å². The van der Waals surface area contributed by atoms with Crippen LogP contribution in [0.15, 0.2) is 18.2 Å². The molecule has 1 aliphatic carbocycles. The fourth-order valence-corrected chi connectivity index (χ4v) is 3.32. The lowest BCUT2D eigenvalue weighted by molar-refractivity contribution is -0.0403. The van der Waals surface area contributed by atoms with Gasteiger partial charge in [0.15, 0.2) is 0 Å². The van der Waals surface area contributed by atoms with Crippen molar-refractivity contribution in [1.82, 2.24) is 10.2 Å². The Morgan fingerprint density at radius 2 is 2.33 bits per heavy atom. The molecule has 2 unspecified atom stereocenters. The van der Waals surface area contributed by atoms with E-state index in [2.05, 4.69) is 35.5 Å². The molecule has 2 aliphatic rings. The summed E-state index contributed by atoms with van der Waals surface area (Å²) < 4.78 is 11.7. The third-order valence-corrected chi connectivity index (χ3v) is 4.56. The standard InChI is InChI=1S/C17H26N2O2/c1-18-17-5-3-4-13-6-7-14(10-16(13)17)21-12-15-11-19(2)8-9-20-15/h6-7,10,15,17-18H,3-5,8-9,11-12H2,1-2H3. The molecule has 0 spiro atoms. The summed E-state index contributed by atoms with van der Waals surface area (Å²) in [7, 11) is 4.17. The molecule has 1 fully saturated rings. The van der Waals surface area contributed by atoms with Gasteiger partial charge in [-0.3, -0.25) is 0 Å². The van der Waals surface area contributed by atoms with E-state index in [1.165, 1.54) is 30.4 Å². The van der Waals surface area contributed by atoms with Crippen molar-refractivity contribution < 1.29 is 9.47 Å². The highest BCUT2D eigenvalue weighted by Gasteiger charge is 2.21. The quantitative estimate of drug-likeness (QED) is 0.919. The van der Waals surface area contributed by atoms with Gasteiger partial charge < -0.3 is 19.7 Å². The number of hydrogen-bond donors (Lipinski definition) is 1. The van der Waals surface area contributed by atoms with Gasteiger partial charge in [-0.05, 0) is 56.6 Å². The van der Waals surface area contributed by atoms with Gasteiger partial charge in [-0.2, -0.15) is 0 Å². The van der Waals surface area contributed by atoms with E-state index in [0.29, 0.717) is 12.6 Å². The number of fused-ring (bicyclic) bond motifs is 1. The van der Waals surface area contributed by atoms with Crippen LogP contribution >= 0.6 is 0 Å². The number of rotatable bonds is 4. The molecule has 0 radical (unpaired) electrons. The van der Waals surface area contributed by atoms with E-state index in [4.69, 9.17) is 9.47 Å². The predicted molar refractivity (Wildman–Crippen MR) is 83.9 cm³/mol. The smallest absolute Gasteiger partial charge is 0.119 e. The average Bonchev–Trinajstić information content (AvgIpc) is 2.52. The Morgan fingerprint density at radius 3 is 3.14 bits per heavy atom. The molecule has 0 saturated carbocycles. The highest BCUT2D eigenvalue weighted by Crippen LogP contribution is 2.32. The van der Waals surface area contributed by atoms with Gasteiger partial charge in [-0.1, -0.05) is 6.07 Å². The minimum atomic E-state index is 0.180. The Balaban J connectivity index is 1.63. The summed E-state index contributed by atoms with van der Waals surface area (Å²) in [5.41, 5.74) is 2.87. The molecule has 21 heavy (non-hydrogen) atoms. The molecule has 1 N–H and O–H groups in total. The van der Waals surface area contributed by atoms with Gasteiger partial charge >= 0.3 is 0 Å². The van der Waals surface area contributed by atoms with E-state index in [1.54, 1.807) is 0 Å². The van der Waals surface area contributed by atoms with Crippen LogP contribution in [0, 0.1) is 0 Å². The van der Waals surface area contributed by atoms with Crippen molar-refractivity contribution in [3.05, 3.63) is 29.3 Å². The third kappa shape index (κ3) is 3.57. The highest BCUT2D eigenvalue weighted by atomic mass is 16.5. The molecule has 1 aliphatic heterocycles. The maximum absolute atomic E-state index is 5.97. The summed E-state index contributed by atoms with van der Waals surface area (Å²) in [6.07, 6.45) is 3.84. The van der Waals surface area contributed by atoms with Crippen LogP contribution in [0.4, 0.5) is 0 Å². The molecule has 1 saturated heterocycles. The van der Waals surface area contributed by atoms with Crippen LogP contribution in [0.5, 0.6) is 5.75 Å².